The van der Waals surface area contributed by atoms with Crippen molar-refractivity contribution < 1.29 is 14.3 Å². The second kappa shape index (κ2) is 7.52. The molecule has 1 unspecified atom stereocenters. The lowest BCUT2D eigenvalue weighted by Gasteiger charge is -2.16. The first-order valence-electron chi connectivity index (χ1n) is 6.68. The number of hydrogen-bond donors (Lipinski definition) is 2. The van der Waals surface area contributed by atoms with E-state index in [1.54, 1.807) is 18.2 Å². The fourth-order valence-corrected chi connectivity index (χ4v) is 2.54. The molecule has 2 rings (SSSR count). The van der Waals surface area contributed by atoms with Gasteiger partial charge in [0.1, 0.15) is 5.75 Å². The smallest absolute Gasteiger partial charge is 0.258 e. The number of carbonyl (C=O) groups excluding carboxylic acids is 2. The van der Waals surface area contributed by atoms with Gasteiger partial charge in [-0.3, -0.25) is 9.59 Å². The molecule has 1 aliphatic rings. The molecule has 7 heteroatoms. The first kappa shape index (κ1) is 15.9. The summed E-state index contributed by atoms with van der Waals surface area (Å²) in [6.07, 6.45) is 1.78. The fraction of sp³-hybridized carbons (Fsp3) is 0.429. The highest BCUT2D eigenvalue weighted by atomic mass is 35.5. The number of rotatable bonds is 4. The van der Waals surface area contributed by atoms with E-state index in [1.165, 1.54) is 0 Å². The van der Waals surface area contributed by atoms with Crippen molar-refractivity contribution >= 4 is 35.0 Å². The third-order valence-corrected chi connectivity index (χ3v) is 3.68. The van der Waals surface area contributed by atoms with Gasteiger partial charge in [-0.2, -0.15) is 0 Å². The summed E-state index contributed by atoms with van der Waals surface area (Å²) in [5.74, 6) is 0.199. The Kier molecular flexibility index (Phi) is 5.70. The lowest BCUT2D eigenvalue weighted by molar-refractivity contribution is -0.124. The molecule has 1 heterocycles. The number of nitrogens with one attached hydrogen (secondary N) is 2. The lowest BCUT2D eigenvalue weighted by atomic mass is 10.1. The van der Waals surface area contributed by atoms with E-state index in [-0.39, 0.29) is 24.5 Å². The van der Waals surface area contributed by atoms with Crippen molar-refractivity contribution in [3.8, 4) is 5.75 Å². The van der Waals surface area contributed by atoms with Crippen molar-refractivity contribution in [2.24, 2.45) is 0 Å². The summed E-state index contributed by atoms with van der Waals surface area (Å²) >= 11 is 11.7. The van der Waals surface area contributed by atoms with Gasteiger partial charge in [-0.25, -0.2) is 0 Å². The molecule has 5 nitrogen and oxygen atoms in total. The molecular weight excluding hydrogens is 315 g/mol. The highest BCUT2D eigenvalue weighted by Crippen LogP contribution is 2.27. The monoisotopic (exact) mass is 330 g/mol. The molecule has 114 valence electrons. The summed E-state index contributed by atoms with van der Waals surface area (Å²) in [6.45, 7) is 0.451. The number of halogens is 2. The van der Waals surface area contributed by atoms with Crippen LogP contribution < -0.4 is 15.4 Å². The van der Waals surface area contributed by atoms with Gasteiger partial charge in [0.05, 0.1) is 5.02 Å². The second-order valence-electron chi connectivity index (χ2n) is 4.81. The number of carbonyl (C=O) groups is 2. The minimum absolute atomic E-state index is 0.0132. The lowest BCUT2D eigenvalue weighted by Crippen LogP contribution is -2.38. The first-order chi connectivity index (χ1) is 10.0. The maximum absolute atomic E-state index is 11.8. The Morgan fingerprint density at radius 2 is 2.19 bits per heavy atom. The van der Waals surface area contributed by atoms with Crippen LogP contribution in [0.15, 0.2) is 18.2 Å². The van der Waals surface area contributed by atoms with Gasteiger partial charge in [0.15, 0.2) is 6.61 Å². The predicted octanol–water partition coefficient (Wildman–Crippen LogP) is 2.16. The van der Waals surface area contributed by atoms with Crippen LogP contribution in [0.25, 0.3) is 0 Å². The zero-order valence-electron chi connectivity index (χ0n) is 11.3. The number of hydrogen-bond acceptors (Lipinski definition) is 3. The van der Waals surface area contributed by atoms with Crippen molar-refractivity contribution in [3.05, 3.63) is 28.2 Å². The predicted molar refractivity (Wildman–Crippen MR) is 80.7 cm³/mol. The topological polar surface area (TPSA) is 67.4 Å². The zero-order chi connectivity index (χ0) is 15.2. The van der Waals surface area contributed by atoms with E-state index in [2.05, 4.69) is 10.6 Å². The molecule has 1 aromatic rings. The maximum Gasteiger partial charge on any atom is 0.258 e. The van der Waals surface area contributed by atoms with Gasteiger partial charge < -0.3 is 15.4 Å². The highest BCUT2D eigenvalue weighted by Gasteiger charge is 2.18. The maximum atomic E-state index is 11.8. The summed E-state index contributed by atoms with van der Waals surface area (Å²) in [7, 11) is 0. The minimum Gasteiger partial charge on any atom is -0.482 e. The minimum atomic E-state index is -0.236. The van der Waals surface area contributed by atoms with Crippen LogP contribution in [0, 0.1) is 0 Å². The van der Waals surface area contributed by atoms with Crippen molar-refractivity contribution in [1.29, 1.82) is 0 Å². The van der Waals surface area contributed by atoms with Crippen LogP contribution in [0.3, 0.4) is 0 Å². The van der Waals surface area contributed by atoms with Gasteiger partial charge in [-0.15, -0.1) is 0 Å². The van der Waals surface area contributed by atoms with Crippen LogP contribution in [0.2, 0.25) is 10.0 Å². The molecule has 0 bridgehead atoms. The van der Waals surface area contributed by atoms with Crippen LogP contribution in [-0.2, 0) is 9.59 Å². The molecule has 2 amide bonds. The fourth-order valence-electron chi connectivity index (χ4n) is 2.07. The van der Waals surface area contributed by atoms with E-state index in [9.17, 15) is 9.59 Å². The van der Waals surface area contributed by atoms with Crippen LogP contribution in [0.1, 0.15) is 19.3 Å². The van der Waals surface area contributed by atoms with Crippen LogP contribution in [0.4, 0.5) is 0 Å². The Balaban J connectivity index is 1.80. The van der Waals surface area contributed by atoms with E-state index < -0.39 is 0 Å². The second-order valence-corrected chi connectivity index (χ2v) is 5.65. The van der Waals surface area contributed by atoms with Crippen LogP contribution in [-0.4, -0.2) is 31.0 Å². The van der Waals surface area contributed by atoms with Crippen molar-refractivity contribution in [2.75, 3.05) is 13.2 Å². The number of ether oxygens (including phenoxy) is 1. The van der Waals surface area contributed by atoms with Gasteiger partial charge in [0.25, 0.3) is 5.91 Å². The van der Waals surface area contributed by atoms with Gasteiger partial charge >= 0.3 is 0 Å². The van der Waals surface area contributed by atoms with Gasteiger partial charge in [0, 0.05) is 24.0 Å². The van der Waals surface area contributed by atoms with Gasteiger partial charge in [0.2, 0.25) is 5.91 Å². The Labute approximate surface area is 132 Å². The average Bonchev–Trinajstić information content (AvgIpc) is 2.63. The van der Waals surface area contributed by atoms with Crippen LogP contribution in [0.5, 0.6) is 5.75 Å². The standard InChI is InChI=1S/C14H16Cl2N2O3/c15-9-1-3-12(11(16)7-9)21-8-14(20)18-10-2-4-13(19)17-6-5-10/h1,3,7,10H,2,4-6,8H2,(H,17,19)(H,18,20). The molecule has 21 heavy (non-hydrogen) atoms. The molecule has 1 fully saturated rings. The molecule has 2 N–H and O–H groups in total. The molecule has 0 spiro atoms. The quantitative estimate of drug-likeness (QED) is 0.888. The van der Waals surface area contributed by atoms with Gasteiger partial charge in [-0.05, 0) is 31.0 Å². The third-order valence-electron chi connectivity index (χ3n) is 3.15. The summed E-state index contributed by atoms with van der Waals surface area (Å²) in [4.78, 5) is 23.1. The largest absolute Gasteiger partial charge is 0.482 e. The molecule has 0 aromatic heterocycles. The molecular formula is C14H16Cl2N2O3. The summed E-state index contributed by atoms with van der Waals surface area (Å²) in [5, 5.41) is 6.49. The number of benzene rings is 1. The average molecular weight is 331 g/mol. The molecule has 1 aromatic carbocycles. The Hall–Kier alpha value is -1.46. The Morgan fingerprint density at radius 3 is 2.95 bits per heavy atom. The van der Waals surface area contributed by atoms with E-state index >= 15 is 0 Å². The Bertz CT molecular complexity index is 537. The van der Waals surface area contributed by atoms with Gasteiger partial charge in [-0.1, -0.05) is 23.2 Å². The summed E-state index contributed by atoms with van der Waals surface area (Å²) in [6, 6.07) is 4.80. The summed E-state index contributed by atoms with van der Waals surface area (Å²) < 4.78 is 5.36. The molecule has 0 saturated carbocycles. The van der Waals surface area contributed by atoms with E-state index in [0.717, 1.165) is 6.42 Å². The molecule has 0 aliphatic carbocycles. The van der Waals surface area contributed by atoms with E-state index in [4.69, 9.17) is 27.9 Å². The molecule has 0 radical (unpaired) electrons. The van der Waals surface area contributed by atoms with E-state index in [0.29, 0.717) is 35.2 Å². The molecule has 1 aliphatic heterocycles. The first-order valence-corrected chi connectivity index (χ1v) is 7.44. The highest BCUT2D eigenvalue weighted by molar-refractivity contribution is 6.35. The normalized spacial score (nSPS) is 18.6. The Morgan fingerprint density at radius 1 is 1.38 bits per heavy atom. The third kappa shape index (κ3) is 5.10. The number of amides is 2. The zero-order valence-corrected chi connectivity index (χ0v) is 12.8. The van der Waals surface area contributed by atoms with Crippen molar-refractivity contribution in [3.63, 3.8) is 0 Å². The van der Waals surface area contributed by atoms with Crippen LogP contribution >= 0.6 is 23.2 Å². The van der Waals surface area contributed by atoms with Crippen molar-refractivity contribution in [2.45, 2.75) is 25.3 Å². The molecule has 1 saturated heterocycles. The molecule has 1 atom stereocenters. The van der Waals surface area contributed by atoms with Crippen molar-refractivity contribution in [1.82, 2.24) is 10.6 Å². The summed E-state index contributed by atoms with van der Waals surface area (Å²) in [5.41, 5.74) is 0. The van der Waals surface area contributed by atoms with E-state index in [1.807, 2.05) is 0 Å². The SMILES string of the molecule is O=C1CCC(NC(=O)COc2ccc(Cl)cc2Cl)CCN1.